The normalized spacial score (nSPS) is 28.3. The Hall–Kier alpha value is -0.355. The summed E-state index contributed by atoms with van der Waals surface area (Å²) in [6.45, 7) is 14.0. The van der Waals surface area contributed by atoms with Gasteiger partial charge in [-0.3, -0.25) is 0 Å². The average Bonchev–Trinajstić information content (AvgIpc) is 2.95. The Kier molecular flexibility index (Phi) is 5.43. The summed E-state index contributed by atoms with van der Waals surface area (Å²) in [6, 6.07) is 0. The zero-order valence-corrected chi connectivity index (χ0v) is 15.0. The summed E-state index contributed by atoms with van der Waals surface area (Å²) in [5, 5.41) is 0. The van der Waals surface area contributed by atoms with Crippen molar-refractivity contribution < 1.29 is 18.8 Å². The topological polar surface area (TPSA) is 36.9 Å². The zero-order chi connectivity index (χ0) is 16.4. The SMILES string of the molecule is CC1(C)OB(C2=CCC3(CC2)OCCO3)OC1(C)C.CCC. The molecule has 0 aromatic rings. The van der Waals surface area contributed by atoms with Crippen LogP contribution in [0.15, 0.2) is 11.5 Å². The summed E-state index contributed by atoms with van der Waals surface area (Å²) in [6.07, 6.45) is 6.03. The second-order valence-corrected chi connectivity index (χ2v) is 7.39. The predicted molar refractivity (Wildman–Crippen MR) is 88.6 cm³/mol. The summed E-state index contributed by atoms with van der Waals surface area (Å²) in [4.78, 5) is 0. The predicted octanol–water partition coefficient (Wildman–Crippen LogP) is 3.89. The highest BCUT2D eigenvalue weighted by molar-refractivity contribution is 6.54. The fourth-order valence-electron chi connectivity index (χ4n) is 2.79. The first-order valence-corrected chi connectivity index (χ1v) is 8.58. The highest BCUT2D eigenvalue weighted by Gasteiger charge is 2.53. The van der Waals surface area contributed by atoms with Gasteiger partial charge in [0.15, 0.2) is 5.79 Å². The largest absolute Gasteiger partial charge is 0.490 e. The van der Waals surface area contributed by atoms with Gasteiger partial charge < -0.3 is 18.8 Å². The maximum Gasteiger partial charge on any atom is 0.490 e. The van der Waals surface area contributed by atoms with Gasteiger partial charge in [0.25, 0.3) is 0 Å². The summed E-state index contributed by atoms with van der Waals surface area (Å²) < 4.78 is 23.6. The fourth-order valence-corrected chi connectivity index (χ4v) is 2.79. The van der Waals surface area contributed by atoms with Crippen LogP contribution in [0, 0.1) is 0 Å². The van der Waals surface area contributed by atoms with Gasteiger partial charge in [-0.2, -0.15) is 0 Å². The van der Waals surface area contributed by atoms with Crippen LogP contribution >= 0.6 is 0 Å². The van der Waals surface area contributed by atoms with E-state index in [1.54, 1.807) is 0 Å². The third-order valence-electron chi connectivity index (χ3n) is 4.84. The van der Waals surface area contributed by atoms with Gasteiger partial charge in [-0.1, -0.05) is 26.3 Å². The molecule has 3 rings (SSSR count). The standard InChI is InChI=1S/C14H23BO4.C3H8/c1-12(2)13(3,4)19-15(18-12)11-5-7-14(8-6-11)16-9-10-17-14;1-3-2/h5H,6-10H2,1-4H3;3H2,1-2H3. The molecule has 0 N–H and O–H groups in total. The maximum atomic E-state index is 6.08. The van der Waals surface area contributed by atoms with E-state index in [1.807, 2.05) is 0 Å². The molecular formula is C17H31BO4. The van der Waals surface area contributed by atoms with E-state index in [4.69, 9.17) is 18.8 Å². The quantitative estimate of drug-likeness (QED) is 0.689. The first-order valence-electron chi connectivity index (χ1n) is 8.58. The molecule has 0 bridgehead atoms. The molecule has 0 saturated carbocycles. The van der Waals surface area contributed by atoms with Gasteiger partial charge in [0, 0.05) is 12.8 Å². The highest BCUT2D eigenvalue weighted by atomic mass is 16.7. The van der Waals surface area contributed by atoms with Gasteiger partial charge in [-0.25, -0.2) is 0 Å². The van der Waals surface area contributed by atoms with Gasteiger partial charge in [0.2, 0.25) is 0 Å². The van der Waals surface area contributed by atoms with E-state index in [2.05, 4.69) is 47.6 Å². The Morgan fingerprint density at radius 3 is 1.91 bits per heavy atom. The lowest BCUT2D eigenvalue weighted by Crippen LogP contribution is -2.41. The second kappa shape index (κ2) is 6.64. The number of hydrogen-bond acceptors (Lipinski definition) is 4. The monoisotopic (exact) mass is 310 g/mol. The van der Waals surface area contributed by atoms with E-state index in [0.29, 0.717) is 13.2 Å². The van der Waals surface area contributed by atoms with Crippen molar-refractivity contribution in [1.29, 1.82) is 0 Å². The smallest absolute Gasteiger partial charge is 0.400 e. The third kappa shape index (κ3) is 3.59. The first-order chi connectivity index (χ1) is 10.3. The third-order valence-corrected chi connectivity index (χ3v) is 4.84. The van der Waals surface area contributed by atoms with Crippen LogP contribution in [-0.4, -0.2) is 37.3 Å². The van der Waals surface area contributed by atoms with Crippen LogP contribution in [0.1, 0.15) is 67.2 Å². The number of allylic oxidation sites excluding steroid dienone is 1. The van der Waals surface area contributed by atoms with Gasteiger partial charge >= 0.3 is 7.12 Å². The minimum atomic E-state index is -0.368. The summed E-state index contributed by atoms with van der Waals surface area (Å²) in [7, 11) is -0.219. The molecule has 1 spiro atoms. The molecule has 126 valence electrons. The van der Waals surface area contributed by atoms with Gasteiger partial charge in [0.1, 0.15) is 0 Å². The van der Waals surface area contributed by atoms with Crippen LogP contribution in [0.4, 0.5) is 0 Å². The Morgan fingerprint density at radius 2 is 1.50 bits per heavy atom. The molecule has 2 heterocycles. The molecule has 5 heteroatoms. The van der Waals surface area contributed by atoms with Crippen molar-refractivity contribution in [2.75, 3.05) is 13.2 Å². The van der Waals surface area contributed by atoms with Crippen LogP contribution in [0.25, 0.3) is 0 Å². The van der Waals surface area contributed by atoms with Crippen LogP contribution in [0.5, 0.6) is 0 Å². The molecule has 1 aliphatic carbocycles. The van der Waals surface area contributed by atoms with Crippen molar-refractivity contribution in [3.8, 4) is 0 Å². The molecule has 4 nitrogen and oxygen atoms in total. The Bertz CT molecular complexity index is 395. The van der Waals surface area contributed by atoms with E-state index in [0.717, 1.165) is 19.3 Å². The van der Waals surface area contributed by atoms with E-state index >= 15 is 0 Å². The lowest BCUT2D eigenvalue weighted by atomic mass is 9.71. The molecule has 2 aliphatic heterocycles. The van der Waals surface area contributed by atoms with Crippen molar-refractivity contribution in [3.05, 3.63) is 11.5 Å². The summed E-state index contributed by atoms with van der Waals surface area (Å²) >= 11 is 0. The van der Waals surface area contributed by atoms with Gasteiger partial charge in [-0.15, -0.1) is 0 Å². The Balaban J connectivity index is 0.000000545. The Labute approximate surface area is 135 Å². The van der Waals surface area contributed by atoms with Gasteiger partial charge in [-0.05, 0) is 39.6 Å². The van der Waals surface area contributed by atoms with Crippen molar-refractivity contribution in [3.63, 3.8) is 0 Å². The molecule has 22 heavy (non-hydrogen) atoms. The number of ether oxygens (including phenoxy) is 2. The second-order valence-electron chi connectivity index (χ2n) is 7.39. The van der Waals surface area contributed by atoms with Crippen LogP contribution in [-0.2, 0) is 18.8 Å². The van der Waals surface area contributed by atoms with E-state index in [1.165, 1.54) is 11.9 Å². The van der Waals surface area contributed by atoms with Crippen molar-refractivity contribution in [2.24, 2.45) is 0 Å². The molecule has 0 radical (unpaired) electrons. The number of hydrogen-bond donors (Lipinski definition) is 0. The van der Waals surface area contributed by atoms with Crippen molar-refractivity contribution in [2.45, 2.75) is 84.2 Å². The lowest BCUT2D eigenvalue weighted by Gasteiger charge is -2.32. The van der Waals surface area contributed by atoms with E-state index in [-0.39, 0.29) is 24.1 Å². The average molecular weight is 310 g/mol. The van der Waals surface area contributed by atoms with Gasteiger partial charge in [0.05, 0.1) is 24.4 Å². The molecule has 0 unspecified atom stereocenters. The number of rotatable bonds is 1. The fraction of sp³-hybridized carbons (Fsp3) is 0.882. The molecule has 2 fully saturated rings. The zero-order valence-electron chi connectivity index (χ0n) is 15.0. The minimum Gasteiger partial charge on any atom is -0.400 e. The minimum absolute atomic E-state index is 0.219. The molecule has 0 atom stereocenters. The molecule has 0 aromatic heterocycles. The van der Waals surface area contributed by atoms with Crippen molar-refractivity contribution in [1.82, 2.24) is 0 Å². The molecule has 0 amide bonds. The van der Waals surface area contributed by atoms with Crippen LogP contribution in [0.3, 0.4) is 0 Å². The molecule has 2 saturated heterocycles. The summed E-state index contributed by atoms with van der Waals surface area (Å²) in [5.41, 5.74) is 0.686. The van der Waals surface area contributed by atoms with Crippen LogP contribution in [0.2, 0.25) is 0 Å². The maximum absolute atomic E-state index is 6.08. The Morgan fingerprint density at radius 1 is 1.00 bits per heavy atom. The highest BCUT2D eigenvalue weighted by Crippen LogP contribution is 2.42. The lowest BCUT2D eigenvalue weighted by molar-refractivity contribution is -0.161. The molecule has 0 aromatic carbocycles. The van der Waals surface area contributed by atoms with Crippen molar-refractivity contribution >= 4 is 7.12 Å². The molecule has 3 aliphatic rings. The van der Waals surface area contributed by atoms with E-state index < -0.39 is 0 Å². The first kappa shape index (κ1) is 18.0. The van der Waals surface area contributed by atoms with Crippen LogP contribution < -0.4 is 0 Å². The summed E-state index contributed by atoms with van der Waals surface area (Å²) in [5.74, 6) is -0.368. The molecular weight excluding hydrogens is 279 g/mol. The van der Waals surface area contributed by atoms with E-state index in [9.17, 15) is 0 Å².